The largest absolute Gasteiger partial charge is 0.350 e. The molecule has 4 nitrogen and oxygen atoms in total. The molecular formula is C18H22N2O2. The molecule has 2 rings (SSSR count). The van der Waals surface area contributed by atoms with Gasteiger partial charge in [-0.25, -0.2) is 0 Å². The molecule has 22 heavy (non-hydrogen) atoms. The maximum Gasteiger partial charge on any atom is 0.254 e. The molecule has 0 atom stereocenters. The van der Waals surface area contributed by atoms with Crippen LogP contribution in [-0.2, 0) is 4.79 Å². The first kappa shape index (κ1) is 16.0. The summed E-state index contributed by atoms with van der Waals surface area (Å²) in [7, 11) is 1.65. The molecule has 0 spiro atoms. The Morgan fingerprint density at radius 1 is 1.05 bits per heavy atom. The van der Waals surface area contributed by atoms with Crippen LogP contribution in [0, 0.1) is 0 Å². The molecule has 1 N–H and O–H groups in total. The number of nitrogens with one attached hydrogen (secondary N) is 1. The molecular weight excluding hydrogens is 276 g/mol. The van der Waals surface area contributed by atoms with Gasteiger partial charge in [0.05, 0.1) is 6.54 Å². The van der Waals surface area contributed by atoms with Crippen LogP contribution in [0.15, 0.2) is 42.5 Å². The minimum absolute atomic E-state index is 0.0410. The maximum atomic E-state index is 12.6. The summed E-state index contributed by atoms with van der Waals surface area (Å²) in [6.07, 6.45) is 0. The van der Waals surface area contributed by atoms with E-state index in [-0.39, 0.29) is 23.9 Å². The van der Waals surface area contributed by atoms with Crippen LogP contribution in [0.5, 0.6) is 0 Å². The van der Waals surface area contributed by atoms with Crippen LogP contribution in [0.2, 0.25) is 0 Å². The molecule has 0 saturated carbocycles. The van der Waals surface area contributed by atoms with E-state index in [1.54, 1.807) is 13.1 Å². The zero-order chi connectivity index (χ0) is 16.3. The number of nitrogens with zero attached hydrogens (tertiary/aromatic N) is 1. The number of hydrogen-bond acceptors (Lipinski definition) is 2. The third-order valence-electron chi connectivity index (χ3n) is 3.26. The first-order valence-electron chi connectivity index (χ1n) is 7.32. The van der Waals surface area contributed by atoms with E-state index in [1.807, 2.05) is 57.2 Å². The Morgan fingerprint density at radius 2 is 1.68 bits per heavy atom. The fraction of sp³-hybridized carbons (Fsp3) is 0.333. The average Bonchev–Trinajstić information content (AvgIpc) is 2.43. The summed E-state index contributed by atoms with van der Waals surface area (Å²) in [5, 5.41) is 4.78. The number of fused-ring (bicyclic) bond motifs is 1. The second-order valence-corrected chi connectivity index (χ2v) is 6.49. The Kier molecular flexibility index (Phi) is 4.50. The molecule has 0 fully saturated rings. The van der Waals surface area contributed by atoms with Gasteiger partial charge in [0, 0.05) is 18.2 Å². The number of carbonyl (C=O) groups is 2. The van der Waals surface area contributed by atoms with Gasteiger partial charge < -0.3 is 10.2 Å². The highest BCUT2D eigenvalue weighted by Crippen LogP contribution is 2.19. The van der Waals surface area contributed by atoms with E-state index in [2.05, 4.69) is 5.32 Å². The molecule has 2 amide bonds. The standard InChI is InChI=1S/C18H22N2O2/c1-18(2,3)19-16(21)12-20(4)17(22)15-11-7-9-13-8-5-6-10-14(13)15/h5-11H,12H2,1-4H3,(H,19,21). The fourth-order valence-corrected chi connectivity index (χ4v) is 2.36. The maximum absolute atomic E-state index is 12.6. The molecule has 0 bridgehead atoms. The Labute approximate surface area is 131 Å². The van der Waals surface area contributed by atoms with Gasteiger partial charge in [0.25, 0.3) is 5.91 Å². The number of likely N-dealkylation sites (N-methyl/N-ethyl adjacent to an activating group) is 1. The topological polar surface area (TPSA) is 49.4 Å². The van der Waals surface area contributed by atoms with E-state index in [9.17, 15) is 9.59 Å². The first-order valence-corrected chi connectivity index (χ1v) is 7.32. The van der Waals surface area contributed by atoms with Gasteiger partial charge in [-0.3, -0.25) is 9.59 Å². The van der Waals surface area contributed by atoms with E-state index in [0.717, 1.165) is 10.8 Å². The smallest absolute Gasteiger partial charge is 0.254 e. The van der Waals surface area contributed by atoms with Gasteiger partial charge >= 0.3 is 0 Å². The normalized spacial score (nSPS) is 11.3. The predicted octanol–water partition coefficient (Wildman–Crippen LogP) is 2.83. The third-order valence-corrected chi connectivity index (χ3v) is 3.26. The van der Waals surface area contributed by atoms with Crippen molar-refractivity contribution in [2.24, 2.45) is 0 Å². The molecule has 0 unspecified atom stereocenters. The fourth-order valence-electron chi connectivity index (χ4n) is 2.36. The lowest BCUT2D eigenvalue weighted by molar-refractivity contribution is -0.122. The van der Waals surface area contributed by atoms with Crippen molar-refractivity contribution in [3.8, 4) is 0 Å². The van der Waals surface area contributed by atoms with Gasteiger partial charge in [-0.05, 0) is 37.6 Å². The van der Waals surface area contributed by atoms with Crippen LogP contribution in [0.1, 0.15) is 31.1 Å². The molecule has 0 aromatic heterocycles. The molecule has 0 aliphatic rings. The molecule has 2 aromatic carbocycles. The van der Waals surface area contributed by atoms with Crippen molar-refractivity contribution in [3.63, 3.8) is 0 Å². The van der Waals surface area contributed by atoms with Crippen LogP contribution < -0.4 is 5.32 Å². The lowest BCUT2D eigenvalue weighted by Gasteiger charge is -2.23. The van der Waals surface area contributed by atoms with Crippen LogP contribution in [0.25, 0.3) is 10.8 Å². The van der Waals surface area contributed by atoms with E-state index in [1.165, 1.54) is 4.90 Å². The summed E-state index contributed by atoms with van der Waals surface area (Å²) in [5.74, 6) is -0.315. The minimum atomic E-state index is -0.305. The zero-order valence-corrected chi connectivity index (χ0v) is 13.5. The Morgan fingerprint density at radius 3 is 2.36 bits per heavy atom. The van der Waals surface area contributed by atoms with Crippen molar-refractivity contribution in [2.75, 3.05) is 13.6 Å². The van der Waals surface area contributed by atoms with Gasteiger partial charge in [0.15, 0.2) is 0 Å². The summed E-state index contributed by atoms with van der Waals surface area (Å²) in [4.78, 5) is 26.0. The number of hydrogen-bond donors (Lipinski definition) is 1. The van der Waals surface area contributed by atoms with Crippen molar-refractivity contribution < 1.29 is 9.59 Å². The first-order chi connectivity index (χ1) is 10.3. The third kappa shape index (κ3) is 3.85. The molecule has 0 aliphatic carbocycles. The van der Waals surface area contributed by atoms with E-state index in [4.69, 9.17) is 0 Å². The van der Waals surface area contributed by atoms with Crippen LogP contribution in [0.4, 0.5) is 0 Å². The van der Waals surface area contributed by atoms with E-state index in [0.29, 0.717) is 5.56 Å². The molecule has 0 aliphatic heterocycles. The monoisotopic (exact) mass is 298 g/mol. The van der Waals surface area contributed by atoms with Gasteiger partial charge in [0.1, 0.15) is 0 Å². The summed E-state index contributed by atoms with van der Waals surface area (Å²) in [6, 6.07) is 13.4. The number of benzene rings is 2. The Hall–Kier alpha value is -2.36. The summed E-state index contributed by atoms with van der Waals surface area (Å²) in [6.45, 7) is 5.78. The summed E-state index contributed by atoms with van der Waals surface area (Å²) in [5.41, 5.74) is 0.310. The Bertz CT molecular complexity index is 696. The van der Waals surface area contributed by atoms with Gasteiger partial charge in [-0.2, -0.15) is 0 Å². The van der Waals surface area contributed by atoms with Crippen LogP contribution >= 0.6 is 0 Å². The van der Waals surface area contributed by atoms with Crippen LogP contribution in [0.3, 0.4) is 0 Å². The second kappa shape index (κ2) is 6.18. The predicted molar refractivity (Wildman–Crippen MR) is 88.8 cm³/mol. The van der Waals surface area contributed by atoms with E-state index < -0.39 is 0 Å². The number of rotatable bonds is 3. The Balaban J connectivity index is 2.18. The average molecular weight is 298 g/mol. The van der Waals surface area contributed by atoms with E-state index >= 15 is 0 Å². The van der Waals surface area contributed by atoms with Crippen molar-refractivity contribution in [1.82, 2.24) is 10.2 Å². The van der Waals surface area contributed by atoms with Crippen molar-refractivity contribution in [3.05, 3.63) is 48.0 Å². The number of amides is 2. The highest BCUT2D eigenvalue weighted by molar-refractivity contribution is 6.07. The molecule has 0 saturated heterocycles. The van der Waals surface area contributed by atoms with Crippen LogP contribution in [-0.4, -0.2) is 35.8 Å². The summed E-state index contributed by atoms with van der Waals surface area (Å²) >= 11 is 0. The van der Waals surface area contributed by atoms with Gasteiger partial charge in [-0.15, -0.1) is 0 Å². The lowest BCUT2D eigenvalue weighted by Crippen LogP contribution is -2.46. The molecule has 0 radical (unpaired) electrons. The lowest BCUT2D eigenvalue weighted by atomic mass is 10.0. The SMILES string of the molecule is CN(CC(=O)NC(C)(C)C)C(=O)c1cccc2ccccc12. The van der Waals surface area contributed by atoms with Crippen molar-refractivity contribution in [2.45, 2.75) is 26.3 Å². The minimum Gasteiger partial charge on any atom is -0.350 e. The van der Waals surface area contributed by atoms with Crippen molar-refractivity contribution >= 4 is 22.6 Å². The van der Waals surface area contributed by atoms with Gasteiger partial charge in [-0.1, -0.05) is 36.4 Å². The quantitative estimate of drug-likeness (QED) is 0.947. The second-order valence-electron chi connectivity index (χ2n) is 6.49. The molecule has 4 heteroatoms. The highest BCUT2D eigenvalue weighted by Gasteiger charge is 2.19. The molecule has 116 valence electrons. The van der Waals surface area contributed by atoms with Gasteiger partial charge in [0.2, 0.25) is 5.91 Å². The number of carbonyl (C=O) groups excluding carboxylic acids is 2. The molecule has 2 aromatic rings. The highest BCUT2D eigenvalue weighted by atomic mass is 16.2. The van der Waals surface area contributed by atoms with Crippen molar-refractivity contribution in [1.29, 1.82) is 0 Å². The molecule has 0 heterocycles. The summed E-state index contributed by atoms with van der Waals surface area (Å²) < 4.78 is 0. The zero-order valence-electron chi connectivity index (χ0n) is 13.5.